The van der Waals surface area contributed by atoms with Gasteiger partial charge in [-0.2, -0.15) is 0 Å². The second kappa shape index (κ2) is 9.72. The van der Waals surface area contributed by atoms with Crippen molar-refractivity contribution in [2.45, 2.75) is 24.8 Å². The van der Waals surface area contributed by atoms with Crippen LogP contribution in [0.4, 0.5) is 0 Å². The maximum atomic E-state index is 12.1. The Labute approximate surface area is 157 Å². The first-order valence-corrected chi connectivity index (χ1v) is 9.39. The van der Waals surface area contributed by atoms with Crippen LogP contribution in [0.5, 0.6) is 11.5 Å². The van der Waals surface area contributed by atoms with Crippen molar-refractivity contribution in [3.8, 4) is 11.5 Å². The number of ether oxygens (including phenoxy) is 2. The molecular weight excluding hydrogens is 352 g/mol. The topological polar surface area (TPSA) is 76.7 Å². The van der Waals surface area contributed by atoms with Gasteiger partial charge < -0.3 is 9.47 Å². The SMILES string of the molecule is CCOc1ccc(O[C@@H](C)C(=O)NNC(=O)c2ccc(SC)cc2)cc1. The molecule has 0 spiro atoms. The average Bonchev–Trinajstić information content (AvgIpc) is 2.67. The molecule has 26 heavy (non-hydrogen) atoms. The molecule has 6 nitrogen and oxygen atoms in total. The van der Waals surface area contributed by atoms with Gasteiger partial charge in [0.25, 0.3) is 11.8 Å². The summed E-state index contributed by atoms with van der Waals surface area (Å²) in [5, 5.41) is 0. The molecule has 0 saturated carbocycles. The van der Waals surface area contributed by atoms with Gasteiger partial charge in [0.05, 0.1) is 6.61 Å². The van der Waals surface area contributed by atoms with E-state index in [-0.39, 0.29) is 5.91 Å². The fourth-order valence-electron chi connectivity index (χ4n) is 2.07. The molecule has 2 aromatic carbocycles. The van der Waals surface area contributed by atoms with Gasteiger partial charge in [0.15, 0.2) is 6.10 Å². The minimum absolute atomic E-state index is 0.390. The summed E-state index contributed by atoms with van der Waals surface area (Å²) in [6, 6.07) is 14.1. The molecule has 0 aromatic heterocycles. The molecule has 2 rings (SSSR count). The number of thioether (sulfide) groups is 1. The fourth-order valence-corrected chi connectivity index (χ4v) is 2.48. The molecule has 2 aromatic rings. The zero-order valence-corrected chi connectivity index (χ0v) is 15.8. The van der Waals surface area contributed by atoms with Crippen molar-refractivity contribution in [2.75, 3.05) is 12.9 Å². The van der Waals surface area contributed by atoms with E-state index in [1.807, 2.05) is 25.3 Å². The zero-order valence-electron chi connectivity index (χ0n) is 14.9. The van der Waals surface area contributed by atoms with Crippen molar-refractivity contribution in [1.82, 2.24) is 10.9 Å². The lowest BCUT2D eigenvalue weighted by Gasteiger charge is -2.15. The maximum absolute atomic E-state index is 12.1. The van der Waals surface area contributed by atoms with Crippen LogP contribution in [-0.2, 0) is 4.79 Å². The predicted octanol–water partition coefficient (Wildman–Crippen LogP) is 3.04. The summed E-state index contributed by atoms with van der Waals surface area (Å²) in [6.07, 6.45) is 1.19. The molecule has 0 aliphatic carbocycles. The number of hydrogen-bond donors (Lipinski definition) is 2. The molecule has 0 radical (unpaired) electrons. The van der Waals surface area contributed by atoms with E-state index in [9.17, 15) is 9.59 Å². The van der Waals surface area contributed by atoms with Crippen LogP contribution in [0.3, 0.4) is 0 Å². The normalized spacial score (nSPS) is 11.3. The molecule has 0 saturated heterocycles. The number of nitrogens with one attached hydrogen (secondary N) is 2. The number of hydrazine groups is 1. The van der Waals surface area contributed by atoms with Gasteiger partial charge in [-0.3, -0.25) is 20.4 Å². The Bertz CT molecular complexity index is 732. The van der Waals surface area contributed by atoms with Gasteiger partial charge in [-0.1, -0.05) is 0 Å². The van der Waals surface area contributed by atoms with Crippen LogP contribution in [0.15, 0.2) is 53.4 Å². The number of benzene rings is 2. The van der Waals surface area contributed by atoms with Gasteiger partial charge in [0.2, 0.25) is 0 Å². The molecule has 0 fully saturated rings. The fraction of sp³-hybridized carbons (Fsp3) is 0.263. The van der Waals surface area contributed by atoms with Crippen molar-refractivity contribution in [1.29, 1.82) is 0 Å². The monoisotopic (exact) mass is 374 g/mol. The lowest BCUT2D eigenvalue weighted by Crippen LogP contribution is -2.47. The van der Waals surface area contributed by atoms with Crippen molar-refractivity contribution in [3.63, 3.8) is 0 Å². The number of rotatable bonds is 7. The van der Waals surface area contributed by atoms with E-state index in [2.05, 4.69) is 10.9 Å². The highest BCUT2D eigenvalue weighted by molar-refractivity contribution is 7.98. The van der Waals surface area contributed by atoms with Gasteiger partial charge in [-0.15, -0.1) is 11.8 Å². The summed E-state index contributed by atoms with van der Waals surface area (Å²) < 4.78 is 10.9. The van der Waals surface area contributed by atoms with Gasteiger partial charge in [-0.25, -0.2) is 0 Å². The van der Waals surface area contributed by atoms with Crippen LogP contribution < -0.4 is 20.3 Å². The Kier molecular flexibility index (Phi) is 7.35. The van der Waals surface area contributed by atoms with Gasteiger partial charge in [-0.05, 0) is 68.6 Å². The summed E-state index contributed by atoms with van der Waals surface area (Å²) in [5.41, 5.74) is 5.21. The minimum Gasteiger partial charge on any atom is -0.494 e. The molecule has 0 aliphatic heterocycles. The Balaban J connectivity index is 1.83. The number of carbonyl (C=O) groups excluding carboxylic acids is 2. The van der Waals surface area contributed by atoms with E-state index in [0.717, 1.165) is 10.6 Å². The lowest BCUT2D eigenvalue weighted by atomic mass is 10.2. The standard InChI is InChI=1S/C19H22N2O4S/c1-4-24-15-7-9-16(10-8-15)25-13(2)18(22)20-21-19(23)14-5-11-17(26-3)12-6-14/h5-13H,4H2,1-3H3,(H,20,22)(H,21,23)/t13-/m0/s1. The largest absolute Gasteiger partial charge is 0.494 e. The highest BCUT2D eigenvalue weighted by Gasteiger charge is 2.16. The molecule has 7 heteroatoms. The van der Waals surface area contributed by atoms with Crippen LogP contribution in [0.1, 0.15) is 24.2 Å². The first kappa shape index (κ1) is 19.7. The summed E-state index contributed by atoms with van der Waals surface area (Å²) in [7, 11) is 0. The highest BCUT2D eigenvalue weighted by Crippen LogP contribution is 2.18. The number of carbonyl (C=O) groups is 2. The quantitative estimate of drug-likeness (QED) is 0.575. The van der Waals surface area contributed by atoms with Crippen molar-refractivity contribution in [3.05, 3.63) is 54.1 Å². The third kappa shape index (κ3) is 5.70. The van der Waals surface area contributed by atoms with Crippen molar-refractivity contribution in [2.24, 2.45) is 0 Å². The molecule has 138 valence electrons. The van der Waals surface area contributed by atoms with E-state index < -0.39 is 12.0 Å². The van der Waals surface area contributed by atoms with Crippen molar-refractivity contribution < 1.29 is 19.1 Å². The second-order valence-corrected chi connectivity index (χ2v) is 6.22. The number of hydrogen-bond acceptors (Lipinski definition) is 5. The van der Waals surface area contributed by atoms with Crippen LogP contribution in [0.2, 0.25) is 0 Å². The molecule has 0 heterocycles. The van der Waals surface area contributed by atoms with E-state index >= 15 is 0 Å². The van der Waals surface area contributed by atoms with Crippen LogP contribution in [0, 0.1) is 0 Å². The number of amides is 2. The van der Waals surface area contributed by atoms with E-state index in [1.54, 1.807) is 55.1 Å². The van der Waals surface area contributed by atoms with Crippen molar-refractivity contribution >= 4 is 23.6 Å². The Morgan fingerprint density at radius 3 is 2.19 bits per heavy atom. The van der Waals surface area contributed by atoms with Crippen LogP contribution in [-0.4, -0.2) is 30.8 Å². The van der Waals surface area contributed by atoms with Gasteiger partial charge in [0.1, 0.15) is 11.5 Å². The summed E-state index contributed by atoms with van der Waals surface area (Å²) in [5.74, 6) is 0.430. The summed E-state index contributed by atoms with van der Waals surface area (Å²) in [6.45, 7) is 4.09. The predicted molar refractivity (Wildman–Crippen MR) is 102 cm³/mol. The molecule has 2 N–H and O–H groups in total. The minimum atomic E-state index is -0.771. The average molecular weight is 374 g/mol. The van der Waals surface area contributed by atoms with Crippen LogP contribution in [0.25, 0.3) is 0 Å². The van der Waals surface area contributed by atoms with E-state index in [1.165, 1.54) is 0 Å². The third-order valence-corrected chi connectivity index (χ3v) is 4.21. The molecule has 0 unspecified atom stereocenters. The Hall–Kier alpha value is -2.67. The first-order chi connectivity index (χ1) is 12.5. The smallest absolute Gasteiger partial charge is 0.279 e. The summed E-state index contributed by atoms with van der Waals surface area (Å²) >= 11 is 1.59. The molecule has 2 amide bonds. The molecular formula is C19H22N2O4S. The van der Waals surface area contributed by atoms with Gasteiger partial charge in [0, 0.05) is 10.5 Å². The van der Waals surface area contributed by atoms with E-state index in [0.29, 0.717) is 17.9 Å². The lowest BCUT2D eigenvalue weighted by molar-refractivity contribution is -0.128. The molecule has 1 atom stereocenters. The highest BCUT2D eigenvalue weighted by atomic mass is 32.2. The van der Waals surface area contributed by atoms with Crippen LogP contribution >= 0.6 is 11.8 Å². The maximum Gasteiger partial charge on any atom is 0.279 e. The second-order valence-electron chi connectivity index (χ2n) is 5.34. The molecule has 0 aliphatic rings. The van der Waals surface area contributed by atoms with Gasteiger partial charge >= 0.3 is 0 Å². The Morgan fingerprint density at radius 2 is 1.62 bits per heavy atom. The zero-order chi connectivity index (χ0) is 18.9. The third-order valence-electron chi connectivity index (χ3n) is 3.47. The Morgan fingerprint density at radius 1 is 1.00 bits per heavy atom. The molecule has 0 bridgehead atoms. The van der Waals surface area contributed by atoms with E-state index in [4.69, 9.17) is 9.47 Å². The first-order valence-electron chi connectivity index (χ1n) is 8.17. The summed E-state index contributed by atoms with van der Waals surface area (Å²) in [4.78, 5) is 25.2.